The highest BCUT2D eigenvalue weighted by Gasteiger charge is 2.29. The molecule has 0 aliphatic carbocycles. The lowest BCUT2D eigenvalue weighted by atomic mass is 10.1. The van der Waals surface area contributed by atoms with Crippen molar-refractivity contribution in [2.24, 2.45) is 0 Å². The van der Waals surface area contributed by atoms with Gasteiger partial charge in [0.05, 0.1) is 11.5 Å². The Labute approximate surface area is 119 Å². The van der Waals surface area contributed by atoms with Crippen molar-refractivity contribution in [3.63, 3.8) is 0 Å². The van der Waals surface area contributed by atoms with Crippen LogP contribution in [-0.4, -0.2) is 39.6 Å². The first-order valence-electron chi connectivity index (χ1n) is 6.33. The van der Waals surface area contributed by atoms with Gasteiger partial charge in [-0.25, -0.2) is 8.42 Å². The van der Waals surface area contributed by atoms with Crippen LogP contribution in [0.5, 0.6) is 0 Å². The van der Waals surface area contributed by atoms with Crippen LogP contribution < -0.4 is 10.2 Å². The quantitative estimate of drug-likeness (QED) is 0.923. The lowest BCUT2D eigenvalue weighted by Crippen LogP contribution is -2.47. The fraction of sp³-hybridized carbons (Fsp3) is 0.538. The molecule has 0 radical (unpaired) electrons. The Balaban J connectivity index is 2.34. The average molecular weight is 303 g/mol. The topological polar surface area (TPSA) is 49.4 Å². The average Bonchev–Trinajstić information content (AvgIpc) is 2.31. The number of nitrogens with one attached hydrogen (secondary N) is 1. The van der Waals surface area contributed by atoms with Gasteiger partial charge in [0.1, 0.15) is 0 Å². The lowest BCUT2D eigenvalue weighted by Gasteiger charge is -2.36. The molecule has 1 atom stereocenters. The van der Waals surface area contributed by atoms with Crippen LogP contribution in [0.2, 0.25) is 5.02 Å². The van der Waals surface area contributed by atoms with Crippen molar-refractivity contribution in [3.05, 3.63) is 28.8 Å². The number of hydrogen-bond donors (Lipinski definition) is 1. The first-order valence-corrected chi connectivity index (χ1v) is 8.53. The van der Waals surface area contributed by atoms with Gasteiger partial charge in [0, 0.05) is 35.4 Å². The van der Waals surface area contributed by atoms with Gasteiger partial charge >= 0.3 is 0 Å². The number of hydrogen-bond acceptors (Lipinski definition) is 4. The molecule has 0 saturated carbocycles. The second-order valence-corrected chi connectivity index (χ2v) is 7.56. The van der Waals surface area contributed by atoms with Gasteiger partial charge in [-0.05, 0) is 26.1 Å². The van der Waals surface area contributed by atoms with E-state index in [0.29, 0.717) is 18.1 Å². The van der Waals surface area contributed by atoms with Crippen LogP contribution in [0.3, 0.4) is 0 Å². The van der Waals surface area contributed by atoms with Gasteiger partial charge in [-0.15, -0.1) is 0 Å². The van der Waals surface area contributed by atoms with Crippen LogP contribution in [-0.2, 0) is 16.4 Å². The number of sulfone groups is 1. The highest BCUT2D eigenvalue weighted by atomic mass is 35.5. The third-order valence-electron chi connectivity index (χ3n) is 3.43. The third kappa shape index (κ3) is 3.22. The van der Waals surface area contributed by atoms with E-state index in [9.17, 15) is 8.42 Å². The molecule has 1 N–H and O–H groups in total. The highest BCUT2D eigenvalue weighted by molar-refractivity contribution is 7.91. The maximum Gasteiger partial charge on any atom is 0.154 e. The van der Waals surface area contributed by atoms with E-state index in [1.54, 1.807) is 0 Å². The monoisotopic (exact) mass is 302 g/mol. The summed E-state index contributed by atoms with van der Waals surface area (Å²) < 4.78 is 23.3. The van der Waals surface area contributed by atoms with E-state index < -0.39 is 9.84 Å². The molecule has 0 amide bonds. The number of halogens is 1. The largest absolute Gasteiger partial charge is 0.366 e. The summed E-state index contributed by atoms with van der Waals surface area (Å²) in [4.78, 5) is 2.14. The molecule has 1 aliphatic rings. The summed E-state index contributed by atoms with van der Waals surface area (Å²) in [6.07, 6.45) is 0. The lowest BCUT2D eigenvalue weighted by molar-refractivity contribution is 0.567. The SMILES string of the molecule is CNCc1c(Cl)cccc1N1CCS(=O)(=O)CC1C. The number of rotatable bonds is 3. The van der Waals surface area contributed by atoms with E-state index in [1.165, 1.54) is 0 Å². The van der Waals surface area contributed by atoms with Gasteiger partial charge in [0.2, 0.25) is 0 Å². The molecule has 4 nitrogen and oxygen atoms in total. The minimum absolute atomic E-state index is 0.0205. The number of anilines is 1. The Morgan fingerprint density at radius 3 is 2.84 bits per heavy atom. The van der Waals surface area contributed by atoms with E-state index in [1.807, 2.05) is 32.2 Å². The zero-order chi connectivity index (χ0) is 14.0. The van der Waals surface area contributed by atoms with Gasteiger partial charge in [0.15, 0.2) is 9.84 Å². The van der Waals surface area contributed by atoms with Crippen LogP contribution in [0.4, 0.5) is 5.69 Å². The van der Waals surface area contributed by atoms with Crippen molar-refractivity contribution < 1.29 is 8.42 Å². The molecule has 0 bridgehead atoms. The first-order chi connectivity index (χ1) is 8.94. The van der Waals surface area contributed by atoms with Gasteiger partial charge in [-0.3, -0.25) is 0 Å². The van der Waals surface area contributed by atoms with Crippen molar-refractivity contribution in [2.45, 2.75) is 19.5 Å². The fourth-order valence-electron chi connectivity index (χ4n) is 2.52. The van der Waals surface area contributed by atoms with Crippen molar-refractivity contribution in [1.29, 1.82) is 0 Å². The van der Waals surface area contributed by atoms with E-state index in [-0.39, 0.29) is 17.5 Å². The highest BCUT2D eigenvalue weighted by Crippen LogP contribution is 2.30. The third-order valence-corrected chi connectivity index (χ3v) is 5.58. The molecular weight excluding hydrogens is 284 g/mol. The van der Waals surface area contributed by atoms with Crippen molar-refractivity contribution in [1.82, 2.24) is 5.32 Å². The van der Waals surface area contributed by atoms with E-state index >= 15 is 0 Å². The van der Waals surface area contributed by atoms with E-state index in [0.717, 1.165) is 11.3 Å². The van der Waals surface area contributed by atoms with Crippen LogP contribution in [0.1, 0.15) is 12.5 Å². The van der Waals surface area contributed by atoms with Crippen LogP contribution in [0.15, 0.2) is 18.2 Å². The summed E-state index contributed by atoms with van der Waals surface area (Å²) in [7, 11) is -1.03. The summed E-state index contributed by atoms with van der Waals surface area (Å²) in [6, 6.07) is 5.76. The smallest absolute Gasteiger partial charge is 0.154 e. The molecule has 0 aromatic heterocycles. The molecule has 1 heterocycles. The van der Waals surface area contributed by atoms with Crippen LogP contribution in [0.25, 0.3) is 0 Å². The first kappa shape index (κ1) is 14.6. The molecule has 1 aromatic rings. The van der Waals surface area contributed by atoms with Gasteiger partial charge in [-0.2, -0.15) is 0 Å². The summed E-state index contributed by atoms with van der Waals surface area (Å²) in [5.41, 5.74) is 2.06. The zero-order valence-corrected chi connectivity index (χ0v) is 12.8. The molecule has 2 rings (SSSR count). The van der Waals surface area contributed by atoms with Crippen molar-refractivity contribution >= 4 is 27.1 Å². The predicted molar refractivity (Wildman–Crippen MR) is 79.7 cm³/mol. The second-order valence-electron chi connectivity index (χ2n) is 4.92. The minimum Gasteiger partial charge on any atom is -0.366 e. The Hall–Kier alpha value is -0.780. The van der Waals surface area contributed by atoms with Crippen LogP contribution in [0, 0.1) is 0 Å². The molecule has 1 aromatic carbocycles. The normalized spacial score (nSPS) is 22.5. The standard InChI is InChI=1S/C13H19ClN2O2S/c1-10-9-19(17,18)7-6-16(10)13-5-3-4-12(14)11(13)8-15-2/h3-5,10,15H,6-9H2,1-2H3. The second kappa shape index (κ2) is 5.69. The molecule has 6 heteroatoms. The molecule has 1 fully saturated rings. The van der Waals surface area contributed by atoms with Gasteiger partial charge < -0.3 is 10.2 Å². The van der Waals surface area contributed by atoms with Crippen molar-refractivity contribution in [3.8, 4) is 0 Å². The van der Waals surface area contributed by atoms with Gasteiger partial charge in [0.25, 0.3) is 0 Å². The Morgan fingerprint density at radius 2 is 2.21 bits per heavy atom. The molecular formula is C13H19ClN2O2S. The Bertz CT molecular complexity index is 560. The molecule has 1 aliphatic heterocycles. The Morgan fingerprint density at radius 1 is 1.47 bits per heavy atom. The summed E-state index contributed by atoms with van der Waals surface area (Å²) in [5, 5.41) is 3.82. The van der Waals surface area contributed by atoms with Crippen LogP contribution >= 0.6 is 11.6 Å². The predicted octanol–water partition coefficient (Wildman–Crippen LogP) is 1.68. The molecule has 0 spiro atoms. The van der Waals surface area contributed by atoms with E-state index in [4.69, 9.17) is 11.6 Å². The Kier molecular flexibility index (Phi) is 4.38. The minimum atomic E-state index is -2.90. The summed E-state index contributed by atoms with van der Waals surface area (Å²) >= 11 is 6.25. The van der Waals surface area contributed by atoms with Gasteiger partial charge in [-0.1, -0.05) is 17.7 Å². The molecule has 19 heavy (non-hydrogen) atoms. The number of nitrogens with zero attached hydrogens (tertiary/aromatic N) is 1. The molecule has 1 unspecified atom stereocenters. The molecule has 106 valence electrons. The summed E-state index contributed by atoms with van der Waals surface area (Å²) in [5.74, 6) is 0.418. The summed E-state index contributed by atoms with van der Waals surface area (Å²) in [6.45, 7) is 3.15. The number of benzene rings is 1. The maximum atomic E-state index is 11.7. The van der Waals surface area contributed by atoms with E-state index in [2.05, 4.69) is 10.2 Å². The van der Waals surface area contributed by atoms with Crippen molar-refractivity contribution in [2.75, 3.05) is 30.0 Å². The fourth-order valence-corrected chi connectivity index (χ4v) is 4.32. The molecule has 1 saturated heterocycles. The maximum absolute atomic E-state index is 11.7. The zero-order valence-electron chi connectivity index (χ0n) is 11.2.